The summed E-state index contributed by atoms with van der Waals surface area (Å²) < 4.78 is 0. The van der Waals surface area contributed by atoms with Gasteiger partial charge in [0.15, 0.2) is 0 Å². The number of ketones is 1. The summed E-state index contributed by atoms with van der Waals surface area (Å²) in [5, 5.41) is 0. The molecule has 1 aromatic rings. The molecular weight excluding hydrogens is 216 g/mol. The van der Waals surface area contributed by atoms with Crippen LogP contribution in [0.25, 0.3) is 0 Å². The average Bonchev–Trinajstić information content (AvgIpc) is 2.62. The lowest BCUT2D eigenvalue weighted by Gasteiger charge is -1.96. The van der Waals surface area contributed by atoms with Crippen LogP contribution in [0.1, 0.15) is 29.5 Å². The van der Waals surface area contributed by atoms with Gasteiger partial charge in [-0.15, -0.1) is 22.9 Å². The lowest BCUT2D eigenvalue weighted by molar-refractivity contribution is -0.118. The predicted molar refractivity (Wildman–Crippen MR) is 62.4 cm³/mol. The molecule has 0 N–H and O–H groups in total. The molecule has 0 aliphatic heterocycles. The fraction of sp³-hybridized carbons (Fsp3) is 0.545. The molecule has 78 valence electrons. The van der Waals surface area contributed by atoms with Crippen molar-refractivity contribution in [2.45, 2.75) is 32.6 Å². The third kappa shape index (κ3) is 3.81. The van der Waals surface area contributed by atoms with Crippen molar-refractivity contribution in [1.29, 1.82) is 0 Å². The molecule has 0 amide bonds. The van der Waals surface area contributed by atoms with Crippen LogP contribution in [0, 0.1) is 0 Å². The summed E-state index contributed by atoms with van der Waals surface area (Å²) in [6.07, 6.45) is 3.05. The Balaban J connectivity index is 2.39. The molecule has 0 aromatic carbocycles. The topological polar surface area (TPSA) is 17.1 Å². The first-order valence-corrected chi connectivity index (χ1v) is 6.26. The number of halogens is 1. The van der Waals surface area contributed by atoms with Crippen molar-refractivity contribution < 1.29 is 4.79 Å². The molecule has 1 nitrogen and oxygen atoms in total. The van der Waals surface area contributed by atoms with Gasteiger partial charge in [-0.05, 0) is 25.0 Å². The van der Waals surface area contributed by atoms with Crippen LogP contribution in [-0.4, -0.2) is 11.7 Å². The van der Waals surface area contributed by atoms with Crippen molar-refractivity contribution >= 4 is 28.7 Å². The summed E-state index contributed by atoms with van der Waals surface area (Å²) >= 11 is 7.27. The van der Waals surface area contributed by atoms with E-state index in [-0.39, 0.29) is 0 Å². The number of thiophene rings is 1. The van der Waals surface area contributed by atoms with Crippen LogP contribution < -0.4 is 0 Å². The zero-order valence-electron chi connectivity index (χ0n) is 8.38. The summed E-state index contributed by atoms with van der Waals surface area (Å²) in [7, 11) is 0. The monoisotopic (exact) mass is 230 g/mol. The van der Waals surface area contributed by atoms with Crippen molar-refractivity contribution in [3.63, 3.8) is 0 Å². The SMILES string of the molecule is CCc1ccc(CC(=O)CCCCl)s1. The van der Waals surface area contributed by atoms with E-state index in [4.69, 9.17) is 11.6 Å². The van der Waals surface area contributed by atoms with Crippen LogP contribution >= 0.6 is 22.9 Å². The zero-order chi connectivity index (χ0) is 10.4. The standard InChI is InChI=1S/C11H15ClOS/c1-2-10-5-6-11(14-10)8-9(13)4-3-7-12/h5-6H,2-4,7-8H2,1H3. The van der Waals surface area contributed by atoms with E-state index in [2.05, 4.69) is 19.1 Å². The molecule has 0 radical (unpaired) electrons. The highest BCUT2D eigenvalue weighted by Crippen LogP contribution is 2.18. The van der Waals surface area contributed by atoms with Crippen LogP contribution in [-0.2, 0) is 17.6 Å². The molecule has 0 spiro atoms. The smallest absolute Gasteiger partial charge is 0.138 e. The average molecular weight is 231 g/mol. The number of carbonyl (C=O) groups excluding carboxylic acids is 1. The van der Waals surface area contributed by atoms with Crippen LogP contribution in [0.3, 0.4) is 0 Å². The van der Waals surface area contributed by atoms with Gasteiger partial charge < -0.3 is 0 Å². The van der Waals surface area contributed by atoms with Gasteiger partial charge in [-0.2, -0.15) is 0 Å². The molecule has 14 heavy (non-hydrogen) atoms. The molecule has 1 heterocycles. The van der Waals surface area contributed by atoms with Gasteiger partial charge in [0.05, 0.1) is 0 Å². The number of alkyl halides is 1. The van der Waals surface area contributed by atoms with Crippen LogP contribution in [0.15, 0.2) is 12.1 Å². The molecule has 0 aliphatic carbocycles. The lowest BCUT2D eigenvalue weighted by Crippen LogP contribution is -2.00. The third-order valence-corrected chi connectivity index (χ3v) is 3.52. The van der Waals surface area contributed by atoms with Crippen molar-refractivity contribution in [2.75, 3.05) is 5.88 Å². The van der Waals surface area contributed by atoms with E-state index < -0.39 is 0 Å². The van der Waals surface area contributed by atoms with E-state index in [1.54, 1.807) is 11.3 Å². The Morgan fingerprint density at radius 2 is 2.14 bits per heavy atom. The molecule has 1 rings (SSSR count). The third-order valence-electron chi connectivity index (χ3n) is 2.03. The molecule has 0 atom stereocenters. The Morgan fingerprint density at radius 1 is 1.43 bits per heavy atom. The molecule has 0 aliphatic rings. The Kier molecular flexibility index (Phi) is 5.20. The minimum absolute atomic E-state index is 0.301. The summed E-state index contributed by atoms with van der Waals surface area (Å²) in [6.45, 7) is 2.13. The molecule has 0 bridgehead atoms. The Bertz CT molecular complexity index is 293. The van der Waals surface area contributed by atoms with Gasteiger partial charge in [-0.1, -0.05) is 6.92 Å². The molecule has 0 saturated carbocycles. The first-order valence-electron chi connectivity index (χ1n) is 4.91. The molecule has 0 fully saturated rings. The Hall–Kier alpha value is -0.340. The quantitative estimate of drug-likeness (QED) is 0.685. The van der Waals surface area contributed by atoms with E-state index in [1.165, 1.54) is 9.75 Å². The number of aryl methyl sites for hydroxylation is 1. The number of hydrogen-bond acceptors (Lipinski definition) is 2. The van der Waals surface area contributed by atoms with E-state index >= 15 is 0 Å². The number of carbonyl (C=O) groups is 1. The van der Waals surface area contributed by atoms with Gasteiger partial charge in [0.25, 0.3) is 0 Å². The molecule has 1 aromatic heterocycles. The van der Waals surface area contributed by atoms with Crippen LogP contribution in [0.2, 0.25) is 0 Å². The predicted octanol–water partition coefficient (Wildman–Crippen LogP) is 3.44. The van der Waals surface area contributed by atoms with Gasteiger partial charge in [0, 0.05) is 28.5 Å². The number of hydrogen-bond donors (Lipinski definition) is 0. The second-order valence-electron chi connectivity index (χ2n) is 3.23. The van der Waals surface area contributed by atoms with Gasteiger partial charge in [0.2, 0.25) is 0 Å². The summed E-state index contributed by atoms with van der Waals surface area (Å²) in [5.74, 6) is 0.881. The van der Waals surface area contributed by atoms with Crippen LogP contribution in [0.4, 0.5) is 0 Å². The fourth-order valence-electron chi connectivity index (χ4n) is 1.25. The Morgan fingerprint density at radius 3 is 2.71 bits per heavy atom. The molecule has 0 saturated heterocycles. The van der Waals surface area contributed by atoms with E-state index in [0.717, 1.165) is 12.8 Å². The zero-order valence-corrected chi connectivity index (χ0v) is 9.96. The second-order valence-corrected chi connectivity index (χ2v) is 4.86. The minimum Gasteiger partial charge on any atom is -0.299 e. The number of Topliss-reactive ketones (excluding diaryl/α,β-unsaturated/α-hetero) is 1. The first-order chi connectivity index (χ1) is 6.76. The summed E-state index contributed by atoms with van der Waals surface area (Å²) in [5.41, 5.74) is 0. The molecule has 3 heteroatoms. The highest BCUT2D eigenvalue weighted by atomic mass is 35.5. The minimum atomic E-state index is 0.301. The van der Waals surface area contributed by atoms with Crippen molar-refractivity contribution in [3.05, 3.63) is 21.9 Å². The summed E-state index contributed by atoms with van der Waals surface area (Å²) in [4.78, 5) is 14.0. The summed E-state index contributed by atoms with van der Waals surface area (Å²) in [6, 6.07) is 4.16. The Labute approximate surface area is 94.1 Å². The first kappa shape index (κ1) is 11.7. The normalized spacial score (nSPS) is 10.4. The maximum absolute atomic E-state index is 11.4. The largest absolute Gasteiger partial charge is 0.299 e. The van der Waals surface area contributed by atoms with Gasteiger partial charge in [-0.25, -0.2) is 0 Å². The van der Waals surface area contributed by atoms with E-state index in [0.29, 0.717) is 24.5 Å². The second kappa shape index (κ2) is 6.20. The van der Waals surface area contributed by atoms with Gasteiger partial charge >= 0.3 is 0 Å². The number of rotatable bonds is 6. The molecule has 0 unspecified atom stereocenters. The van der Waals surface area contributed by atoms with Crippen molar-refractivity contribution in [2.24, 2.45) is 0 Å². The van der Waals surface area contributed by atoms with Crippen molar-refractivity contribution in [3.8, 4) is 0 Å². The fourth-order valence-corrected chi connectivity index (χ4v) is 2.37. The maximum atomic E-state index is 11.4. The highest BCUT2D eigenvalue weighted by Gasteiger charge is 2.05. The van der Waals surface area contributed by atoms with E-state index in [9.17, 15) is 4.79 Å². The maximum Gasteiger partial charge on any atom is 0.138 e. The van der Waals surface area contributed by atoms with Gasteiger partial charge in [-0.3, -0.25) is 4.79 Å². The highest BCUT2D eigenvalue weighted by molar-refractivity contribution is 7.12. The molecular formula is C11H15ClOS. The van der Waals surface area contributed by atoms with Gasteiger partial charge in [0.1, 0.15) is 5.78 Å². The van der Waals surface area contributed by atoms with Crippen LogP contribution in [0.5, 0.6) is 0 Å². The van der Waals surface area contributed by atoms with E-state index in [1.807, 2.05) is 0 Å². The van der Waals surface area contributed by atoms with Crippen molar-refractivity contribution in [1.82, 2.24) is 0 Å². The lowest BCUT2D eigenvalue weighted by atomic mass is 10.1.